The second kappa shape index (κ2) is 4.90. The Balaban J connectivity index is 3.02. The van der Waals surface area contributed by atoms with Crippen LogP contribution in [-0.4, -0.2) is 29.9 Å². The van der Waals surface area contributed by atoms with Crippen molar-refractivity contribution in [3.05, 3.63) is 0 Å². The summed E-state index contributed by atoms with van der Waals surface area (Å²) in [5.41, 5.74) is -1.48. The summed E-state index contributed by atoms with van der Waals surface area (Å²) in [6.07, 6.45) is 1.15. The molecule has 1 saturated carbocycles. The number of aliphatic carboxylic acids is 1. The van der Waals surface area contributed by atoms with E-state index in [0.717, 1.165) is 0 Å². The molecule has 0 aromatic carbocycles. The Morgan fingerprint density at radius 2 is 1.72 bits per heavy atom. The van der Waals surface area contributed by atoms with Crippen LogP contribution in [0, 0.1) is 16.7 Å². The van der Waals surface area contributed by atoms with Gasteiger partial charge in [-0.05, 0) is 32.1 Å². The first-order chi connectivity index (χ1) is 8.22. The molecule has 0 spiro atoms. The SMILES string of the molecule is CCN(CC)C(=O)[C@H]1CC[C@](C)(C(=O)[O-])C1(C)C. The van der Waals surface area contributed by atoms with E-state index in [2.05, 4.69) is 0 Å². The molecule has 18 heavy (non-hydrogen) atoms. The minimum atomic E-state index is -1.04. The van der Waals surface area contributed by atoms with Crippen LogP contribution in [-0.2, 0) is 9.59 Å². The number of hydrogen-bond donors (Lipinski definition) is 0. The summed E-state index contributed by atoms with van der Waals surface area (Å²) < 4.78 is 0. The number of rotatable bonds is 4. The van der Waals surface area contributed by atoms with Crippen molar-refractivity contribution in [1.29, 1.82) is 0 Å². The minimum Gasteiger partial charge on any atom is -0.550 e. The molecule has 0 unspecified atom stereocenters. The van der Waals surface area contributed by atoms with Gasteiger partial charge in [-0.25, -0.2) is 0 Å². The monoisotopic (exact) mass is 254 g/mol. The van der Waals surface area contributed by atoms with E-state index in [-0.39, 0.29) is 11.8 Å². The van der Waals surface area contributed by atoms with E-state index in [0.29, 0.717) is 25.9 Å². The van der Waals surface area contributed by atoms with Crippen LogP contribution in [0.1, 0.15) is 47.5 Å². The van der Waals surface area contributed by atoms with Gasteiger partial charge in [-0.2, -0.15) is 0 Å². The summed E-state index contributed by atoms with van der Waals surface area (Å²) in [6, 6.07) is 0. The molecule has 0 radical (unpaired) electrons. The molecule has 1 aliphatic rings. The molecule has 0 aromatic heterocycles. The lowest BCUT2D eigenvalue weighted by molar-refractivity contribution is -0.323. The second-order valence-electron chi connectivity index (χ2n) is 5.94. The lowest BCUT2D eigenvalue weighted by Gasteiger charge is -2.42. The zero-order valence-corrected chi connectivity index (χ0v) is 12.1. The van der Waals surface area contributed by atoms with Gasteiger partial charge in [0.2, 0.25) is 5.91 Å². The number of carbonyl (C=O) groups excluding carboxylic acids is 2. The molecule has 4 heteroatoms. The van der Waals surface area contributed by atoms with Crippen molar-refractivity contribution in [2.75, 3.05) is 13.1 Å². The molecule has 0 bridgehead atoms. The fourth-order valence-electron chi connectivity index (χ4n) is 3.05. The molecule has 1 aliphatic carbocycles. The molecule has 0 aromatic rings. The molecule has 0 saturated heterocycles. The van der Waals surface area contributed by atoms with Gasteiger partial charge >= 0.3 is 0 Å². The topological polar surface area (TPSA) is 60.4 Å². The highest BCUT2D eigenvalue weighted by atomic mass is 16.4. The largest absolute Gasteiger partial charge is 0.550 e. The van der Waals surface area contributed by atoms with Gasteiger partial charge in [0.05, 0.1) is 0 Å². The quantitative estimate of drug-likeness (QED) is 0.753. The highest BCUT2D eigenvalue weighted by Gasteiger charge is 2.55. The zero-order chi connectivity index (χ0) is 14.1. The second-order valence-corrected chi connectivity index (χ2v) is 5.94. The molecular weight excluding hydrogens is 230 g/mol. The van der Waals surface area contributed by atoms with Crippen molar-refractivity contribution < 1.29 is 14.7 Å². The molecule has 0 N–H and O–H groups in total. The molecule has 4 nitrogen and oxygen atoms in total. The van der Waals surface area contributed by atoms with Gasteiger partial charge < -0.3 is 14.8 Å². The maximum atomic E-state index is 12.4. The molecule has 1 amide bonds. The molecular formula is C14H24NO3-. The maximum absolute atomic E-state index is 12.4. The van der Waals surface area contributed by atoms with Crippen molar-refractivity contribution in [1.82, 2.24) is 4.90 Å². The number of nitrogens with zero attached hydrogens (tertiary/aromatic N) is 1. The van der Waals surface area contributed by atoms with E-state index in [1.54, 1.807) is 11.8 Å². The maximum Gasteiger partial charge on any atom is 0.226 e. The van der Waals surface area contributed by atoms with Gasteiger partial charge in [0.1, 0.15) is 0 Å². The van der Waals surface area contributed by atoms with Gasteiger partial charge in [-0.15, -0.1) is 0 Å². The number of amides is 1. The van der Waals surface area contributed by atoms with E-state index in [1.807, 2.05) is 27.7 Å². The van der Waals surface area contributed by atoms with E-state index < -0.39 is 16.8 Å². The Bertz CT molecular complexity index is 347. The number of carboxylic acid groups (broad SMARTS) is 1. The number of carboxylic acids is 1. The van der Waals surface area contributed by atoms with Crippen molar-refractivity contribution in [2.45, 2.75) is 47.5 Å². The first-order valence-electron chi connectivity index (χ1n) is 6.72. The molecule has 2 atom stereocenters. The van der Waals surface area contributed by atoms with E-state index >= 15 is 0 Å². The van der Waals surface area contributed by atoms with Gasteiger partial charge in [0, 0.05) is 30.4 Å². The third-order valence-corrected chi connectivity index (χ3v) is 5.05. The van der Waals surface area contributed by atoms with Crippen LogP contribution >= 0.6 is 0 Å². The van der Waals surface area contributed by atoms with Gasteiger partial charge in [0.15, 0.2) is 0 Å². The number of hydrogen-bond acceptors (Lipinski definition) is 3. The van der Waals surface area contributed by atoms with Crippen LogP contribution in [0.25, 0.3) is 0 Å². The van der Waals surface area contributed by atoms with Crippen molar-refractivity contribution >= 4 is 11.9 Å². The Kier molecular flexibility index (Phi) is 4.08. The molecule has 0 heterocycles. The lowest BCUT2D eigenvalue weighted by atomic mass is 9.65. The molecule has 1 fully saturated rings. The smallest absolute Gasteiger partial charge is 0.226 e. The van der Waals surface area contributed by atoms with Gasteiger partial charge in [-0.3, -0.25) is 4.79 Å². The van der Waals surface area contributed by atoms with Crippen molar-refractivity contribution in [3.63, 3.8) is 0 Å². The van der Waals surface area contributed by atoms with E-state index in [9.17, 15) is 14.7 Å². The Labute approximate surface area is 109 Å². The highest BCUT2D eigenvalue weighted by Crippen LogP contribution is 2.56. The summed E-state index contributed by atoms with van der Waals surface area (Å²) in [5, 5.41) is 11.4. The summed E-state index contributed by atoms with van der Waals surface area (Å²) in [4.78, 5) is 25.6. The van der Waals surface area contributed by atoms with Crippen LogP contribution in [0.4, 0.5) is 0 Å². The third kappa shape index (κ3) is 2.02. The summed E-state index contributed by atoms with van der Waals surface area (Å²) in [7, 11) is 0. The predicted molar refractivity (Wildman–Crippen MR) is 67.5 cm³/mol. The average molecular weight is 254 g/mol. The van der Waals surface area contributed by atoms with Crippen molar-refractivity contribution in [2.24, 2.45) is 16.7 Å². The first-order valence-corrected chi connectivity index (χ1v) is 6.72. The van der Waals surface area contributed by atoms with Crippen molar-refractivity contribution in [3.8, 4) is 0 Å². The molecule has 1 rings (SSSR count). The predicted octanol–water partition coefficient (Wildman–Crippen LogP) is 1.05. The van der Waals surface area contributed by atoms with Gasteiger partial charge in [0.25, 0.3) is 0 Å². The highest BCUT2D eigenvalue weighted by molar-refractivity contribution is 5.83. The average Bonchev–Trinajstić information content (AvgIpc) is 2.53. The Hall–Kier alpha value is -1.06. The summed E-state index contributed by atoms with van der Waals surface area (Å²) in [5.74, 6) is -1.18. The van der Waals surface area contributed by atoms with Crippen LogP contribution in [0.2, 0.25) is 0 Å². The summed E-state index contributed by atoms with van der Waals surface area (Å²) in [6.45, 7) is 10.7. The van der Waals surface area contributed by atoms with E-state index in [4.69, 9.17) is 0 Å². The molecule has 104 valence electrons. The fourth-order valence-corrected chi connectivity index (χ4v) is 3.05. The normalized spacial score (nSPS) is 30.2. The standard InChI is InChI=1S/C14H25NO3/c1-6-15(7-2)11(16)10-8-9-14(5,12(17)18)13(10,3)4/h10H,6-9H2,1-5H3,(H,17,18)/p-1/t10-,14-/m1/s1. The van der Waals surface area contributed by atoms with Gasteiger partial charge in [-0.1, -0.05) is 20.8 Å². The van der Waals surface area contributed by atoms with Crippen LogP contribution in [0.3, 0.4) is 0 Å². The zero-order valence-electron chi connectivity index (χ0n) is 12.1. The van der Waals surface area contributed by atoms with Crippen LogP contribution in [0.15, 0.2) is 0 Å². The van der Waals surface area contributed by atoms with Crippen LogP contribution in [0.5, 0.6) is 0 Å². The van der Waals surface area contributed by atoms with Crippen LogP contribution < -0.4 is 5.11 Å². The fraction of sp³-hybridized carbons (Fsp3) is 0.857. The lowest BCUT2D eigenvalue weighted by Crippen LogP contribution is -2.51. The van der Waals surface area contributed by atoms with E-state index in [1.165, 1.54) is 0 Å². The number of carbonyl (C=O) groups is 2. The summed E-state index contributed by atoms with van der Waals surface area (Å²) >= 11 is 0. The molecule has 0 aliphatic heterocycles. The minimum absolute atomic E-state index is 0.0787. The Morgan fingerprint density at radius 1 is 1.22 bits per heavy atom. The third-order valence-electron chi connectivity index (χ3n) is 5.05. The first kappa shape index (κ1) is 15.0. The Morgan fingerprint density at radius 3 is 2.06 bits per heavy atom.